The van der Waals surface area contributed by atoms with Gasteiger partial charge in [0, 0.05) is 15.5 Å². The lowest BCUT2D eigenvalue weighted by molar-refractivity contribution is 0.627. The summed E-state index contributed by atoms with van der Waals surface area (Å²) in [6.07, 6.45) is 1.79. The Balaban J connectivity index is 2.15. The van der Waals surface area contributed by atoms with Gasteiger partial charge in [0.25, 0.3) is 0 Å². The maximum Gasteiger partial charge on any atom is 0.147 e. The summed E-state index contributed by atoms with van der Waals surface area (Å²) in [5.41, 5.74) is 2.27. The van der Waals surface area contributed by atoms with Crippen LogP contribution in [0.5, 0.6) is 0 Å². The molecule has 1 atom stereocenters. The van der Waals surface area contributed by atoms with Gasteiger partial charge in [0.2, 0.25) is 0 Å². The first-order chi connectivity index (χ1) is 7.66. The molecule has 0 aliphatic heterocycles. The maximum atomic E-state index is 13.5. The van der Waals surface area contributed by atoms with Crippen molar-refractivity contribution in [2.75, 3.05) is 5.32 Å². The number of nitrogens with zero attached hydrogens (tertiary/aromatic N) is 1. The lowest BCUT2D eigenvalue weighted by Gasteiger charge is -2.13. The molecule has 0 bridgehead atoms. The second-order valence-corrected chi connectivity index (χ2v) is 5.23. The molecule has 0 fully saturated rings. The molecule has 1 N–H and O–H groups in total. The number of benzene rings is 1. The SMILES string of the molecule is CC(Nc1ccc(Br)cc1F)c1cncs1. The average molecular weight is 301 g/mol. The van der Waals surface area contributed by atoms with E-state index in [1.165, 1.54) is 6.07 Å². The van der Waals surface area contributed by atoms with E-state index in [9.17, 15) is 4.39 Å². The average Bonchev–Trinajstić information content (AvgIpc) is 2.75. The zero-order chi connectivity index (χ0) is 11.5. The summed E-state index contributed by atoms with van der Waals surface area (Å²) in [5.74, 6) is -0.259. The molecule has 2 nitrogen and oxygen atoms in total. The molecule has 0 spiro atoms. The van der Waals surface area contributed by atoms with E-state index in [4.69, 9.17) is 0 Å². The van der Waals surface area contributed by atoms with Gasteiger partial charge in [-0.1, -0.05) is 15.9 Å². The van der Waals surface area contributed by atoms with Gasteiger partial charge >= 0.3 is 0 Å². The number of hydrogen-bond donors (Lipinski definition) is 1. The van der Waals surface area contributed by atoms with Gasteiger partial charge in [-0.15, -0.1) is 11.3 Å². The fraction of sp³-hybridized carbons (Fsp3) is 0.182. The molecule has 1 aromatic carbocycles. The van der Waals surface area contributed by atoms with Crippen LogP contribution in [0.25, 0.3) is 0 Å². The zero-order valence-corrected chi connectivity index (χ0v) is 11.0. The van der Waals surface area contributed by atoms with Crippen LogP contribution in [0.2, 0.25) is 0 Å². The van der Waals surface area contributed by atoms with Gasteiger partial charge < -0.3 is 5.32 Å². The van der Waals surface area contributed by atoms with Gasteiger partial charge in [-0.25, -0.2) is 4.39 Å². The zero-order valence-electron chi connectivity index (χ0n) is 8.58. The summed E-state index contributed by atoms with van der Waals surface area (Å²) < 4.78 is 14.3. The fourth-order valence-corrected chi connectivity index (χ4v) is 2.31. The van der Waals surface area contributed by atoms with Gasteiger partial charge in [-0.2, -0.15) is 0 Å². The Labute approximate surface area is 106 Å². The Morgan fingerprint density at radius 1 is 1.50 bits per heavy atom. The molecule has 0 aliphatic carbocycles. The number of halogens is 2. The van der Waals surface area contributed by atoms with Crippen molar-refractivity contribution in [3.63, 3.8) is 0 Å². The number of aromatic nitrogens is 1. The van der Waals surface area contributed by atoms with Crippen molar-refractivity contribution in [3.8, 4) is 0 Å². The summed E-state index contributed by atoms with van der Waals surface area (Å²) in [6.45, 7) is 1.98. The van der Waals surface area contributed by atoms with E-state index in [2.05, 4.69) is 26.2 Å². The third-order valence-corrected chi connectivity index (χ3v) is 3.63. The Morgan fingerprint density at radius 3 is 2.94 bits per heavy atom. The molecule has 1 aromatic heterocycles. The van der Waals surface area contributed by atoms with E-state index < -0.39 is 0 Å². The van der Waals surface area contributed by atoms with Gasteiger partial charge in [-0.3, -0.25) is 4.98 Å². The third kappa shape index (κ3) is 2.59. The summed E-state index contributed by atoms with van der Waals surface area (Å²) in [4.78, 5) is 5.08. The van der Waals surface area contributed by atoms with Gasteiger partial charge in [-0.05, 0) is 25.1 Å². The smallest absolute Gasteiger partial charge is 0.147 e. The van der Waals surface area contributed by atoms with Crippen LogP contribution < -0.4 is 5.32 Å². The minimum absolute atomic E-state index is 0.0585. The van der Waals surface area contributed by atoms with E-state index in [1.807, 2.05) is 13.0 Å². The van der Waals surface area contributed by atoms with Crippen molar-refractivity contribution in [1.82, 2.24) is 4.98 Å². The number of hydrogen-bond acceptors (Lipinski definition) is 3. The lowest BCUT2D eigenvalue weighted by Crippen LogP contribution is -2.06. The Hall–Kier alpha value is -0.940. The maximum absolute atomic E-state index is 13.5. The van der Waals surface area contributed by atoms with E-state index in [-0.39, 0.29) is 11.9 Å². The molecule has 0 saturated heterocycles. The number of nitrogens with one attached hydrogen (secondary N) is 1. The number of rotatable bonds is 3. The highest BCUT2D eigenvalue weighted by Gasteiger charge is 2.09. The standard InChI is InChI=1S/C11H10BrFN2S/c1-7(11-5-14-6-16-11)15-10-3-2-8(12)4-9(10)13/h2-7,15H,1H3. The molecule has 1 unspecified atom stereocenters. The van der Waals surface area contributed by atoms with Crippen LogP contribution in [0.4, 0.5) is 10.1 Å². The predicted molar refractivity (Wildman–Crippen MR) is 68.3 cm³/mol. The summed E-state index contributed by atoms with van der Waals surface area (Å²) in [6, 6.07) is 5.03. The van der Waals surface area contributed by atoms with Crippen molar-refractivity contribution < 1.29 is 4.39 Å². The van der Waals surface area contributed by atoms with Gasteiger partial charge in [0.1, 0.15) is 5.82 Å². The van der Waals surface area contributed by atoms with Gasteiger partial charge in [0.05, 0.1) is 17.2 Å². The largest absolute Gasteiger partial charge is 0.375 e. The first-order valence-electron chi connectivity index (χ1n) is 4.77. The molecule has 2 aromatic rings. The molecule has 0 saturated carbocycles. The second kappa shape index (κ2) is 4.93. The monoisotopic (exact) mass is 300 g/mol. The minimum Gasteiger partial charge on any atom is -0.375 e. The lowest BCUT2D eigenvalue weighted by atomic mass is 10.2. The quantitative estimate of drug-likeness (QED) is 0.918. The van der Waals surface area contributed by atoms with Crippen molar-refractivity contribution in [3.05, 3.63) is 45.1 Å². The van der Waals surface area contributed by atoms with Gasteiger partial charge in [0.15, 0.2) is 0 Å². The van der Waals surface area contributed by atoms with Crippen LogP contribution in [-0.2, 0) is 0 Å². The molecule has 0 amide bonds. The van der Waals surface area contributed by atoms with E-state index >= 15 is 0 Å². The van der Waals surface area contributed by atoms with Crippen LogP contribution in [-0.4, -0.2) is 4.98 Å². The third-order valence-electron chi connectivity index (χ3n) is 2.18. The summed E-state index contributed by atoms with van der Waals surface area (Å²) in [5, 5.41) is 3.11. The normalized spacial score (nSPS) is 12.4. The van der Waals surface area contributed by atoms with Crippen LogP contribution in [0.3, 0.4) is 0 Å². The Morgan fingerprint density at radius 2 is 2.31 bits per heavy atom. The topological polar surface area (TPSA) is 24.9 Å². The summed E-state index contributed by atoms with van der Waals surface area (Å²) in [7, 11) is 0. The molecular formula is C11H10BrFN2S. The van der Waals surface area contributed by atoms with E-state index in [1.54, 1.807) is 29.1 Å². The molecule has 84 valence electrons. The second-order valence-electron chi connectivity index (χ2n) is 3.39. The van der Waals surface area contributed by atoms with Crippen LogP contribution in [0, 0.1) is 5.82 Å². The first-order valence-corrected chi connectivity index (χ1v) is 6.44. The highest BCUT2D eigenvalue weighted by molar-refractivity contribution is 9.10. The molecule has 0 radical (unpaired) electrons. The Bertz CT molecular complexity index is 473. The molecule has 0 aliphatic rings. The fourth-order valence-electron chi connectivity index (χ4n) is 1.35. The van der Waals surface area contributed by atoms with Crippen LogP contribution >= 0.6 is 27.3 Å². The van der Waals surface area contributed by atoms with Crippen LogP contribution in [0.15, 0.2) is 34.4 Å². The van der Waals surface area contributed by atoms with Crippen molar-refractivity contribution >= 4 is 33.0 Å². The highest BCUT2D eigenvalue weighted by Crippen LogP contribution is 2.25. The number of anilines is 1. The Kier molecular flexibility index (Phi) is 3.56. The molecule has 1 heterocycles. The molecular weight excluding hydrogens is 291 g/mol. The predicted octanol–water partition coefficient (Wildman–Crippen LogP) is 4.22. The highest BCUT2D eigenvalue weighted by atomic mass is 79.9. The first kappa shape index (κ1) is 11.5. The van der Waals surface area contributed by atoms with Crippen LogP contribution in [0.1, 0.15) is 17.8 Å². The van der Waals surface area contributed by atoms with Crippen molar-refractivity contribution in [2.45, 2.75) is 13.0 Å². The molecule has 5 heteroatoms. The van der Waals surface area contributed by atoms with Crippen molar-refractivity contribution in [1.29, 1.82) is 0 Å². The van der Waals surface area contributed by atoms with E-state index in [0.29, 0.717) is 5.69 Å². The van der Waals surface area contributed by atoms with Crippen molar-refractivity contribution in [2.24, 2.45) is 0 Å². The van der Waals surface area contributed by atoms with E-state index in [0.717, 1.165) is 9.35 Å². The number of thiazole rings is 1. The molecule has 16 heavy (non-hydrogen) atoms. The minimum atomic E-state index is -0.259. The summed E-state index contributed by atoms with van der Waals surface area (Å²) >= 11 is 4.78. The molecule has 2 rings (SSSR count).